The molecule has 2 atom stereocenters. The van der Waals surface area contributed by atoms with Gasteiger partial charge in [-0.2, -0.15) is 0 Å². The van der Waals surface area contributed by atoms with Crippen molar-refractivity contribution < 1.29 is 28.7 Å². The summed E-state index contributed by atoms with van der Waals surface area (Å²) < 4.78 is 26.0. The number of hydrogen-bond donors (Lipinski definition) is 4. The molecule has 1 rings (SSSR count). The third-order valence-electron chi connectivity index (χ3n) is 3.53. The molecule has 8 heteroatoms. The number of benzene rings is 1. The third-order valence-corrected chi connectivity index (χ3v) is 3.53. The van der Waals surface area contributed by atoms with Gasteiger partial charge in [0.25, 0.3) is 18.2 Å². The molecule has 28 heavy (non-hydrogen) atoms. The first kappa shape index (κ1) is 23.1. The second-order valence-corrected chi connectivity index (χ2v) is 7.24. The van der Waals surface area contributed by atoms with Crippen molar-refractivity contribution in [2.45, 2.75) is 45.8 Å². The highest BCUT2D eigenvalue weighted by atomic mass is 19.3. The van der Waals surface area contributed by atoms with Gasteiger partial charge in [-0.15, -0.1) is 0 Å². The highest BCUT2D eigenvalue weighted by Crippen LogP contribution is 2.20. The Morgan fingerprint density at radius 2 is 1.64 bits per heavy atom. The van der Waals surface area contributed by atoms with E-state index in [0.717, 1.165) is 5.48 Å². The molecule has 150 valence electrons. The lowest BCUT2D eigenvalue weighted by molar-refractivity contribution is -0.149. The maximum Gasteiger partial charge on any atom is 0.269 e. The van der Waals surface area contributed by atoms with Gasteiger partial charge in [0.2, 0.25) is 0 Å². The zero-order valence-electron chi connectivity index (χ0n) is 15.9. The monoisotopic (exact) mass is 392 g/mol. The maximum atomic E-state index is 13.0. The van der Waals surface area contributed by atoms with Crippen LogP contribution in [0.3, 0.4) is 0 Å². The standard InChI is InChI=1S/C20H22F2N2O4/c1-19(2,3)12-6-5-7-13-8-10-14(11-9-13)16(25)23-15(17(26)24-28)20(4,27)18(21)22/h8-11,15,18,27-28H,1-4H3,(H,23,25)(H,24,26)/t15-,20+/m1/s1. The van der Waals surface area contributed by atoms with Gasteiger partial charge in [-0.25, -0.2) is 14.3 Å². The second-order valence-electron chi connectivity index (χ2n) is 7.24. The summed E-state index contributed by atoms with van der Waals surface area (Å²) in [6.45, 7) is 6.52. The first-order chi connectivity index (χ1) is 12.9. The van der Waals surface area contributed by atoms with Gasteiger partial charge in [-0.3, -0.25) is 14.8 Å². The molecule has 0 fully saturated rings. The van der Waals surface area contributed by atoms with E-state index in [1.807, 2.05) is 26.1 Å². The van der Waals surface area contributed by atoms with Crippen molar-refractivity contribution in [2.24, 2.45) is 5.41 Å². The third kappa shape index (κ3) is 6.66. The van der Waals surface area contributed by atoms with Crippen LogP contribution in [0.5, 0.6) is 0 Å². The fourth-order valence-electron chi connectivity index (χ4n) is 1.91. The normalized spacial score (nSPS) is 13.9. The van der Waals surface area contributed by atoms with Crippen molar-refractivity contribution in [3.63, 3.8) is 0 Å². The number of rotatable bonds is 5. The Balaban J connectivity index is 2.96. The molecule has 1 aromatic carbocycles. The fraction of sp³-hybridized carbons (Fsp3) is 0.400. The van der Waals surface area contributed by atoms with Crippen molar-refractivity contribution in [3.05, 3.63) is 35.4 Å². The summed E-state index contributed by atoms with van der Waals surface area (Å²) in [5.41, 5.74) is -1.29. The lowest BCUT2D eigenvalue weighted by Gasteiger charge is -2.30. The van der Waals surface area contributed by atoms with Crippen molar-refractivity contribution >= 4 is 11.8 Å². The minimum Gasteiger partial charge on any atom is -0.381 e. The Morgan fingerprint density at radius 3 is 2.11 bits per heavy atom. The van der Waals surface area contributed by atoms with Crippen LogP contribution >= 0.6 is 0 Å². The Labute approximate surface area is 162 Å². The van der Waals surface area contributed by atoms with E-state index in [2.05, 4.69) is 23.7 Å². The van der Waals surface area contributed by atoms with Gasteiger partial charge in [-0.1, -0.05) is 11.8 Å². The van der Waals surface area contributed by atoms with E-state index < -0.39 is 29.9 Å². The summed E-state index contributed by atoms with van der Waals surface area (Å²) >= 11 is 0. The predicted octanol–water partition coefficient (Wildman–Crippen LogP) is 1.71. The molecule has 0 saturated heterocycles. The van der Waals surface area contributed by atoms with Crippen molar-refractivity contribution in [1.29, 1.82) is 0 Å². The number of alkyl halides is 2. The molecular formula is C20H22F2N2O4. The van der Waals surface area contributed by atoms with Gasteiger partial charge in [0, 0.05) is 16.5 Å². The van der Waals surface area contributed by atoms with E-state index in [-0.39, 0.29) is 11.0 Å². The molecule has 0 saturated carbocycles. The van der Waals surface area contributed by atoms with E-state index in [9.17, 15) is 23.5 Å². The van der Waals surface area contributed by atoms with Crippen LogP contribution in [0, 0.1) is 29.1 Å². The first-order valence-corrected chi connectivity index (χ1v) is 8.27. The molecule has 2 amide bonds. The minimum absolute atomic E-state index is 0.0483. The number of hydrogen-bond acceptors (Lipinski definition) is 4. The summed E-state index contributed by atoms with van der Waals surface area (Å²) in [6, 6.07) is 3.72. The number of carbonyl (C=O) groups excluding carboxylic acids is 2. The topological polar surface area (TPSA) is 98.7 Å². The molecule has 0 radical (unpaired) electrons. The summed E-state index contributed by atoms with van der Waals surface area (Å²) in [7, 11) is 0. The van der Waals surface area contributed by atoms with Crippen LogP contribution < -0.4 is 10.8 Å². The molecule has 0 aliphatic carbocycles. The zero-order valence-corrected chi connectivity index (χ0v) is 15.9. The van der Waals surface area contributed by atoms with Gasteiger partial charge >= 0.3 is 0 Å². The van der Waals surface area contributed by atoms with Crippen LogP contribution in [-0.2, 0) is 4.79 Å². The number of carbonyl (C=O) groups is 2. The number of aliphatic hydroxyl groups is 1. The van der Waals surface area contributed by atoms with Crippen molar-refractivity contribution in [3.8, 4) is 23.7 Å². The Morgan fingerprint density at radius 1 is 1.07 bits per heavy atom. The summed E-state index contributed by atoms with van der Waals surface area (Å²) in [4.78, 5) is 23.8. The Bertz CT molecular complexity index is 835. The fourth-order valence-corrected chi connectivity index (χ4v) is 1.91. The molecule has 0 unspecified atom stereocenters. The molecule has 4 N–H and O–H groups in total. The highest BCUT2D eigenvalue weighted by molar-refractivity contribution is 5.97. The Kier molecular flexibility index (Phi) is 7.69. The number of hydroxylamine groups is 1. The molecule has 0 spiro atoms. The van der Waals surface area contributed by atoms with Gasteiger partial charge in [-0.05, 0) is 63.8 Å². The summed E-state index contributed by atoms with van der Waals surface area (Å²) in [5, 5.41) is 20.5. The molecule has 0 aliphatic rings. The van der Waals surface area contributed by atoms with Crippen LogP contribution in [0.2, 0.25) is 0 Å². The summed E-state index contributed by atoms with van der Waals surface area (Å²) in [6.07, 6.45) is -3.35. The van der Waals surface area contributed by atoms with Crippen molar-refractivity contribution in [1.82, 2.24) is 10.8 Å². The molecule has 6 nitrogen and oxygen atoms in total. The molecule has 0 aromatic heterocycles. The quantitative estimate of drug-likeness (QED) is 0.348. The first-order valence-electron chi connectivity index (χ1n) is 8.27. The summed E-state index contributed by atoms with van der Waals surface area (Å²) in [5.74, 6) is 8.90. The predicted molar refractivity (Wildman–Crippen MR) is 98.4 cm³/mol. The van der Waals surface area contributed by atoms with Gasteiger partial charge in [0.15, 0.2) is 5.60 Å². The molecule has 1 aromatic rings. The number of halogens is 2. The van der Waals surface area contributed by atoms with Crippen LogP contribution in [-0.4, -0.2) is 40.2 Å². The van der Waals surface area contributed by atoms with E-state index in [1.54, 1.807) is 0 Å². The minimum atomic E-state index is -3.35. The van der Waals surface area contributed by atoms with E-state index in [0.29, 0.717) is 12.5 Å². The lowest BCUT2D eigenvalue weighted by atomic mass is 9.95. The molecule has 0 aliphatic heterocycles. The molecular weight excluding hydrogens is 370 g/mol. The highest BCUT2D eigenvalue weighted by Gasteiger charge is 2.46. The second kappa shape index (κ2) is 9.32. The largest absolute Gasteiger partial charge is 0.381 e. The average Bonchev–Trinajstić information content (AvgIpc) is 2.61. The van der Waals surface area contributed by atoms with Crippen LogP contribution in [0.1, 0.15) is 43.6 Å². The van der Waals surface area contributed by atoms with E-state index in [1.165, 1.54) is 24.3 Å². The maximum absolute atomic E-state index is 13.0. The van der Waals surface area contributed by atoms with Crippen molar-refractivity contribution in [2.75, 3.05) is 0 Å². The Hall–Kier alpha value is -2.94. The van der Waals surface area contributed by atoms with Crippen LogP contribution in [0.4, 0.5) is 8.78 Å². The van der Waals surface area contributed by atoms with E-state index >= 15 is 0 Å². The number of amides is 2. The zero-order chi connectivity index (χ0) is 21.5. The van der Waals surface area contributed by atoms with Gasteiger partial charge in [0.1, 0.15) is 6.04 Å². The lowest BCUT2D eigenvalue weighted by Crippen LogP contribution is -2.61. The van der Waals surface area contributed by atoms with Gasteiger partial charge < -0.3 is 10.4 Å². The van der Waals surface area contributed by atoms with Crippen LogP contribution in [0.15, 0.2) is 24.3 Å². The molecule has 0 bridgehead atoms. The van der Waals surface area contributed by atoms with Gasteiger partial charge in [0.05, 0.1) is 0 Å². The van der Waals surface area contributed by atoms with E-state index in [4.69, 9.17) is 5.21 Å². The SMILES string of the molecule is CC(C)(C)C#CC#Cc1ccc(C(=O)N[C@H](C(=O)NO)[C@](C)(O)C(F)F)cc1. The number of nitrogens with one attached hydrogen (secondary N) is 2. The molecule has 0 heterocycles. The van der Waals surface area contributed by atoms with Crippen LogP contribution in [0.25, 0.3) is 0 Å². The average molecular weight is 392 g/mol. The smallest absolute Gasteiger partial charge is 0.269 e.